The maximum Gasteiger partial charge on any atom is 0.250 e. The highest BCUT2D eigenvalue weighted by molar-refractivity contribution is 5.43. The van der Waals surface area contributed by atoms with E-state index in [0.717, 1.165) is 0 Å². The van der Waals surface area contributed by atoms with Crippen molar-refractivity contribution >= 4 is 5.69 Å². The van der Waals surface area contributed by atoms with Crippen LogP contribution in [0.25, 0.3) is 0 Å². The molecule has 0 saturated heterocycles. The SMILES string of the molecule is Cn1cc(N)c(CN)cc1=O. The second-order valence-corrected chi connectivity index (χ2v) is 2.41. The summed E-state index contributed by atoms with van der Waals surface area (Å²) < 4.78 is 1.43. The van der Waals surface area contributed by atoms with Gasteiger partial charge in [-0.05, 0) is 5.56 Å². The van der Waals surface area contributed by atoms with Crippen LogP contribution in [0, 0.1) is 0 Å². The molecule has 0 unspecified atom stereocenters. The fourth-order valence-electron chi connectivity index (χ4n) is 0.866. The van der Waals surface area contributed by atoms with E-state index in [4.69, 9.17) is 11.5 Å². The lowest BCUT2D eigenvalue weighted by Crippen LogP contribution is -2.18. The zero-order chi connectivity index (χ0) is 8.43. The van der Waals surface area contributed by atoms with Gasteiger partial charge in [-0.1, -0.05) is 0 Å². The largest absolute Gasteiger partial charge is 0.397 e. The van der Waals surface area contributed by atoms with Crippen LogP contribution in [0.3, 0.4) is 0 Å². The minimum Gasteiger partial charge on any atom is -0.397 e. The van der Waals surface area contributed by atoms with Crippen LogP contribution >= 0.6 is 0 Å². The summed E-state index contributed by atoms with van der Waals surface area (Å²) in [6.07, 6.45) is 1.57. The Balaban J connectivity index is 3.32. The molecule has 0 aliphatic carbocycles. The van der Waals surface area contributed by atoms with Gasteiger partial charge in [-0.3, -0.25) is 4.79 Å². The summed E-state index contributed by atoms with van der Waals surface area (Å²) in [4.78, 5) is 11.0. The topological polar surface area (TPSA) is 74.0 Å². The van der Waals surface area contributed by atoms with Gasteiger partial charge in [0.15, 0.2) is 0 Å². The maximum absolute atomic E-state index is 11.0. The third-order valence-corrected chi connectivity index (χ3v) is 1.57. The quantitative estimate of drug-likeness (QED) is 0.567. The summed E-state index contributed by atoms with van der Waals surface area (Å²) in [7, 11) is 1.65. The number of rotatable bonds is 1. The van der Waals surface area contributed by atoms with Gasteiger partial charge < -0.3 is 16.0 Å². The fourth-order valence-corrected chi connectivity index (χ4v) is 0.866. The summed E-state index contributed by atoms with van der Waals surface area (Å²) in [5, 5.41) is 0. The van der Waals surface area contributed by atoms with Crippen LogP contribution in [0.4, 0.5) is 5.69 Å². The number of aromatic nitrogens is 1. The van der Waals surface area contributed by atoms with Crippen molar-refractivity contribution in [2.75, 3.05) is 5.73 Å². The van der Waals surface area contributed by atoms with Gasteiger partial charge in [0.1, 0.15) is 0 Å². The predicted octanol–water partition coefficient (Wildman–Crippen LogP) is -0.574. The third-order valence-electron chi connectivity index (χ3n) is 1.57. The van der Waals surface area contributed by atoms with Crippen LogP contribution in [0.5, 0.6) is 0 Å². The molecule has 1 aromatic heterocycles. The van der Waals surface area contributed by atoms with Crippen molar-refractivity contribution < 1.29 is 0 Å². The fraction of sp³-hybridized carbons (Fsp3) is 0.286. The van der Waals surface area contributed by atoms with Crippen LogP contribution in [0.1, 0.15) is 5.56 Å². The van der Waals surface area contributed by atoms with E-state index >= 15 is 0 Å². The van der Waals surface area contributed by atoms with Crippen LogP contribution in [0.2, 0.25) is 0 Å². The first-order valence-electron chi connectivity index (χ1n) is 3.30. The molecular formula is C7H11N3O. The highest BCUT2D eigenvalue weighted by atomic mass is 16.1. The highest BCUT2D eigenvalue weighted by Gasteiger charge is 1.98. The van der Waals surface area contributed by atoms with Crippen molar-refractivity contribution in [3.8, 4) is 0 Å². The van der Waals surface area contributed by atoms with Crippen LogP contribution in [-0.2, 0) is 13.6 Å². The smallest absolute Gasteiger partial charge is 0.250 e. The molecule has 4 nitrogen and oxygen atoms in total. The zero-order valence-electron chi connectivity index (χ0n) is 6.37. The third kappa shape index (κ3) is 1.40. The minimum atomic E-state index is -0.0837. The average molecular weight is 153 g/mol. The number of anilines is 1. The number of hydrogen-bond donors (Lipinski definition) is 2. The van der Waals surface area contributed by atoms with E-state index in [0.29, 0.717) is 17.8 Å². The Kier molecular flexibility index (Phi) is 1.96. The molecule has 0 aliphatic heterocycles. The lowest BCUT2D eigenvalue weighted by Gasteiger charge is -2.03. The van der Waals surface area contributed by atoms with Gasteiger partial charge in [-0.2, -0.15) is 0 Å². The van der Waals surface area contributed by atoms with Crippen molar-refractivity contribution in [2.24, 2.45) is 12.8 Å². The molecule has 0 aliphatic rings. The van der Waals surface area contributed by atoms with Crippen molar-refractivity contribution in [1.29, 1.82) is 0 Å². The van der Waals surface area contributed by atoms with E-state index in [2.05, 4.69) is 0 Å². The molecule has 1 aromatic rings. The molecule has 1 heterocycles. The zero-order valence-corrected chi connectivity index (χ0v) is 6.37. The number of pyridine rings is 1. The maximum atomic E-state index is 11.0. The first-order chi connectivity index (χ1) is 5.15. The molecule has 1 rings (SSSR count). The predicted molar refractivity (Wildman–Crippen MR) is 44.0 cm³/mol. The Labute approximate surface area is 64.4 Å². The van der Waals surface area contributed by atoms with Crippen LogP contribution in [0.15, 0.2) is 17.1 Å². The van der Waals surface area contributed by atoms with Gasteiger partial charge in [-0.25, -0.2) is 0 Å². The Hall–Kier alpha value is -1.29. The molecule has 0 spiro atoms. The molecule has 4 N–H and O–H groups in total. The lowest BCUT2D eigenvalue weighted by atomic mass is 10.2. The number of nitrogen functional groups attached to an aromatic ring is 1. The molecule has 0 saturated carbocycles. The molecule has 0 bridgehead atoms. The number of nitrogens with two attached hydrogens (primary N) is 2. The molecular weight excluding hydrogens is 142 g/mol. The van der Waals surface area contributed by atoms with E-state index in [1.165, 1.54) is 10.6 Å². The Morgan fingerprint density at radius 1 is 1.64 bits per heavy atom. The van der Waals surface area contributed by atoms with E-state index in [9.17, 15) is 4.79 Å². The minimum absolute atomic E-state index is 0.0837. The van der Waals surface area contributed by atoms with Crippen LogP contribution in [-0.4, -0.2) is 4.57 Å². The van der Waals surface area contributed by atoms with Crippen molar-refractivity contribution in [3.63, 3.8) is 0 Å². The van der Waals surface area contributed by atoms with E-state index in [1.807, 2.05) is 0 Å². The average Bonchev–Trinajstić information content (AvgIpc) is 1.97. The normalized spacial score (nSPS) is 10.0. The van der Waals surface area contributed by atoms with Crippen molar-refractivity contribution in [1.82, 2.24) is 4.57 Å². The summed E-state index contributed by atoms with van der Waals surface area (Å²) >= 11 is 0. The van der Waals surface area contributed by atoms with Crippen molar-refractivity contribution in [2.45, 2.75) is 6.54 Å². The number of hydrogen-bond acceptors (Lipinski definition) is 3. The Bertz CT molecular complexity index is 316. The van der Waals surface area contributed by atoms with Gasteiger partial charge in [0.05, 0.1) is 5.69 Å². The number of aryl methyl sites for hydroxylation is 1. The molecule has 4 heteroatoms. The van der Waals surface area contributed by atoms with Crippen molar-refractivity contribution in [3.05, 3.63) is 28.2 Å². The van der Waals surface area contributed by atoms with Gasteiger partial charge in [-0.15, -0.1) is 0 Å². The Morgan fingerprint density at radius 3 is 2.82 bits per heavy atom. The summed E-state index contributed by atoms with van der Waals surface area (Å²) in [5.41, 5.74) is 12.1. The first kappa shape index (κ1) is 7.81. The van der Waals surface area contributed by atoms with E-state index in [-0.39, 0.29) is 5.56 Å². The monoisotopic (exact) mass is 153 g/mol. The van der Waals surface area contributed by atoms with Crippen LogP contribution < -0.4 is 17.0 Å². The summed E-state index contributed by atoms with van der Waals surface area (Å²) in [6.45, 7) is 0.307. The second kappa shape index (κ2) is 2.75. The standard InChI is InChI=1S/C7H11N3O/c1-10-4-6(9)5(3-8)2-7(10)11/h2,4H,3,8-9H2,1H3. The second-order valence-electron chi connectivity index (χ2n) is 2.41. The molecule has 0 amide bonds. The number of nitrogens with zero attached hydrogens (tertiary/aromatic N) is 1. The summed E-state index contributed by atoms with van der Waals surface area (Å²) in [6, 6.07) is 1.45. The lowest BCUT2D eigenvalue weighted by molar-refractivity contribution is 0.852. The summed E-state index contributed by atoms with van der Waals surface area (Å²) in [5.74, 6) is 0. The van der Waals surface area contributed by atoms with E-state index in [1.54, 1.807) is 13.2 Å². The molecule has 0 radical (unpaired) electrons. The first-order valence-corrected chi connectivity index (χ1v) is 3.30. The highest BCUT2D eigenvalue weighted by Crippen LogP contribution is 2.04. The molecule has 0 atom stereocenters. The van der Waals surface area contributed by atoms with Gasteiger partial charge in [0.25, 0.3) is 5.56 Å². The molecule has 0 fully saturated rings. The molecule has 60 valence electrons. The molecule has 11 heavy (non-hydrogen) atoms. The Morgan fingerprint density at radius 2 is 2.27 bits per heavy atom. The van der Waals surface area contributed by atoms with E-state index < -0.39 is 0 Å². The van der Waals surface area contributed by atoms with Gasteiger partial charge >= 0.3 is 0 Å². The molecule has 0 aromatic carbocycles. The van der Waals surface area contributed by atoms with Gasteiger partial charge in [0.2, 0.25) is 0 Å². The van der Waals surface area contributed by atoms with Gasteiger partial charge in [0, 0.05) is 25.9 Å².